The first-order chi connectivity index (χ1) is 11.1. The number of sulfone groups is 1. The molecule has 5 heteroatoms. The largest absolute Gasteiger partial charge is 0.339 e. The van der Waals surface area contributed by atoms with Gasteiger partial charge in [-0.05, 0) is 12.1 Å². The second kappa shape index (κ2) is 3.94. The molecule has 0 fully saturated rings. The molecule has 2 N–H and O–H groups in total. The molecule has 4 aromatic rings. The van der Waals surface area contributed by atoms with Crippen molar-refractivity contribution in [1.29, 1.82) is 0 Å². The van der Waals surface area contributed by atoms with E-state index in [-0.39, 0.29) is 0 Å². The molecule has 0 saturated heterocycles. The molecule has 0 radical (unpaired) electrons. The summed E-state index contributed by atoms with van der Waals surface area (Å²) in [5.41, 5.74) is 2.86. The highest BCUT2D eigenvalue weighted by molar-refractivity contribution is 7.92. The number of hydrogen-bond acceptors (Lipinski definition) is 3. The SMILES string of the molecule is Nn1c2ccccc2c2ccc3c(c21)S(=O)(=O)c1ccccc1-3. The van der Waals surface area contributed by atoms with E-state index in [0.29, 0.717) is 15.3 Å². The number of hydrogen-bond donors (Lipinski definition) is 1. The molecule has 0 saturated carbocycles. The molecule has 0 aliphatic carbocycles. The van der Waals surface area contributed by atoms with Crippen molar-refractivity contribution < 1.29 is 8.42 Å². The minimum Gasteiger partial charge on any atom is -0.339 e. The van der Waals surface area contributed by atoms with Crippen molar-refractivity contribution in [1.82, 2.24) is 4.68 Å². The summed E-state index contributed by atoms with van der Waals surface area (Å²) in [7, 11) is -3.56. The molecular formula is C18H12N2O2S. The van der Waals surface area contributed by atoms with Gasteiger partial charge in [0.15, 0.2) is 0 Å². The Morgan fingerprint density at radius 3 is 2.39 bits per heavy atom. The van der Waals surface area contributed by atoms with Gasteiger partial charge in [0, 0.05) is 21.9 Å². The van der Waals surface area contributed by atoms with Crippen LogP contribution in [0.25, 0.3) is 32.9 Å². The third-order valence-electron chi connectivity index (χ3n) is 4.56. The highest BCUT2D eigenvalue weighted by Crippen LogP contribution is 2.47. The third kappa shape index (κ3) is 1.38. The molecule has 0 spiro atoms. The van der Waals surface area contributed by atoms with E-state index in [4.69, 9.17) is 5.84 Å². The molecule has 1 aliphatic rings. The Bertz CT molecular complexity index is 1240. The van der Waals surface area contributed by atoms with Gasteiger partial charge in [0.05, 0.1) is 15.9 Å². The Hall–Kier alpha value is -2.79. The summed E-state index contributed by atoms with van der Waals surface area (Å²) >= 11 is 0. The van der Waals surface area contributed by atoms with Gasteiger partial charge in [-0.15, -0.1) is 0 Å². The van der Waals surface area contributed by atoms with Crippen LogP contribution in [0, 0.1) is 0 Å². The molecule has 0 atom stereocenters. The normalized spacial score (nSPS) is 15.0. The molecule has 0 unspecified atom stereocenters. The molecule has 3 aromatic carbocycles. The standard InChI is InChI=1S/C18H12N2O2S/c19-20-15-7-3-1-5-11(15)13-9-10-14-12-6-2-4-8-16(12)23(21,22)18(14)17(13)20/h1-10H,19H2. The van der Waals surface area contributed by atoms with E-state index in [1.165, 1.54) is 4.68 Å². The first-order valence-electron chi connectivity index (χ1n) is 7.26. The Morgan fingerprint density at radius 1 is 0.783 bits per heavy atom. The number of benzene rings is 3. The smallest absolute Gasteiger partial charge is 0.209 e. The Labute approximate surface area is 132 Å². The van der Waals surface area contributed by atoms with E-state index in [9.17, 15) is 8.42 Å². The molecule has 2 heterocycles. The first kappa shape index (κ1) is 12.7. The van der Waals surface area contributed by atoms with Crippen molar-refractivity contribution >= 4 is 31.6 Å². The van der Waals surface area contributed by atoms with Gasteiger partial charge >= 0.3 is 0 Å². The zero-order chi connectivity index (χ0) is 15.8. The monoisotopic (exact) mass is 320 g/mol. The Morgan fingerprint density at radius 2 is 1.52 bits per heavy atom. The van der Waals surface area contributed by atoms with E-state index < -0.39 is 9.84 Å². The molecule has 1 aromatic heterocycles. The average molecular weight is 320 g/mol. The molecule has 4 nitrogen and oxygen atoms in total. The van der Waals surface area contributed by atoms with Crippen molar-refractivity contribution in [2.75, 3.05) is 5.84 Å². The number of fused-ring (bicyclic) bond motifs is 7. The van der Waals surface area contributed by atoms with Crippen LogP contribution in [0.15, 0.2) is 70.5 Å². The molecule has 5 rings (SSSR count). The maximum Gasteiger partial charge on any atom is 0.209 e. The highest BCUT2D eigenvalue weighted by atomic mass is 32.2. The topological polar surface area (TPSA) is 65.1 Å². The zero-order valence-electron chi connectivity index (χ0n) is 12.0. The number of nitrogens with zero attached hydrogens (tertiary/aromatic N) is 1. The van der Waals surface area contributed by atoms with E-state index in [2.05, 4.69) is 0 Å². The minimum atomic E-state index is -3.56. The fourth-order valence-corrected chi connectivity index (χ4v) is 5.45. The number of para-hydroxylation sites is 1. The van der Waals surface area contributed by atoms with E-state index in [1.807, 2.05) is 48.5 Å². The minimum absolute atomic E-state index is 0.315. The lowest BCUT2D eigenvalue weighted by molar-refractivity contribution is 0.599. The first-order valence-corrected chi connectivity index (χ1v) is 8.75. The van der Waals surface area contributed by atoms with Crippen molar-refractivity contribution in [2.45, 2.75) is 9.79 Å². The Kier molecular flexibility index (Phi) is 2.18. The van der Waals surface area contributed by atoms with Gasteiger partial charge in [0.1, 0.15) is 4.90 Å². The van der Waals surface area contributed by atoms with Crippen molar-refractivity contribution in [3.8, 4) is 11.1 Å². The van der Waals surface area contributed by atoms with Crippen LogP contribution in [-0.4, -0.2) is 13.1 Å². The predicted molar refractivity (Wildman–Crippen MR) is 90.5 cm³/mol. The number of nitrogen functional groups attached to an aromatic ring is 1. The van der Waals surface area contributed by atoms with Gasteiger partial charge in [-0.2, -0.15) is 0 Å². The number of aromatic nitrogens is 1. The molecule has 0 bridgehead atoms. The lowest BCUT2D eigenvalue weighted by Gasteiger charge is -2.04. The second-order valence-electron chi connectivity index (χ2n) is 5.73. The fraction of sp³-hybridized carbons (Fsp3) is 0. The van der Waals surface area contributed by atoms with E-state index in [0.717, 1.165) is 27.4 Å². The summed E-state index contributed by atoms with van der Waals surface area (Å²) in [6.45, 7) is 0. The van der Waals surface area contributed by atoms with Crippen LogP contribution in [0.4, 0.5) is 0 Å². The van der Waals surface area contributed by atoms with Crippen LogP contribution < -0.4 is 5.84 Å². The number of nitrogens with two attached hydrogens (primary N) is 1. The molecular weight excluding hydrogens is 308 g/mol. The molecule has 112 valence electrons. The van der Waals surface area contributed by atoms with Crippen LogP contribution >= 0.6 is 0 Å². The molecule has 1 aliphatic heterocycles. The zero-order valence-corrected chi connectivity index (χ0v) is 12.8. The van der Waals surface area contributed by atoms with Crippen molar-refractivity contribution in [3.63, 3.8) is 0 Å². The van der Waals surface area contributed by atoms with Gasteiger partial charge in [-0.3, -0.25) is 4.68 Å². The summed E-state index contributed by atoms with van der Waals surface area (Å²) in [4.78, 5) is 0.669. The lowest BCUT2D eigenvalue weighted by Crippen LogP contribution is -2.09. The Balaban J connectivity index is 2.08. The summed E-state index contributed by atoms with van der Waals surface area (Å²) in [5, 5.41) is 1.82. The predicted octanol–water partition coefficient (Wildman–Crippen LogP) is 3.32. The highest BCUT2D eigenvalue weighted by Gasteiger charge is 2.36. The van der Waals surface area contributed by atoms with Gasteiger partial charge in [0.25, 0.3) is 0 Å². The quantitative estimate of drug-likeness (QED) is 0.445. The maximum atomic E-state index is 13.0. The summed E-state index contributed by atoms with van der Waals surface area (Å²) < 4.78 is 27.6. The lowest BCUT2D eigenvalue weighted by atomic mass is 10.0. The van der Waals surface area contributed by atoms with Crippen LogP contribution in [0.1, 0.15) is 0 Å². The number of rotatable bonds is 0. The van der Waals surface area contributed by atoms with E-state index >= 15 is 0 Å². The summed E-state index contributed by atoms with van der Waals surface area (Å²) in [6.07, 6.45) is 0. The van der Waals surface area contributed by atoms with Crippen molar-refractivity contribution in [3.05, 3.63) is 60.7 Å². The van der Waals surface area contributed by atoms with Crippen LogP contribution in [0.5, 0.6) is 0 Å². The molecule has 23 heavy (non-hydrogen) atoms. The van der Waals surface area contributed by atoms with Gasteiger partial charge in [-0.25, -0.2) is 8.42 Å². The average Bonchev–Trinajstić information content (AvgIpc) is 2.99. The maximum absolute atomic E-state index is 13.0. The van der Waals surface area contributed by atoms with Crippen LogP contribution in [0.2, 0.25) is 0 Å². The van der Waals surface area contributed by atoms with E-state index in [1.54, 1.807) is 12.1 Å². The van der Waals surface area contributed by atoms with Gasteiger partial charge < -0.3 is 5.84 Å². The summed E-state index contributed by atoms with van der Waals surface area (Å²) in [6, 6.07) is 18.6. The fourth-order valence-electron chi connectivity index (χ4n) is 3.58. The van der Waals surface area contributed by atoms with Crippen LogP contribution in [0.3, 0.4) is 0 Å². The van der Waals surface area contributed by atoms with Gasteiger partial charge in [-0.1, -0.05) is 48.5 Å². The second-order valence-corrected chi connectivity index (χ2v) is 7.58. The van der Waals surface area contributed by atoms with Crippen molar-refractivity contribution in [2.24, 2.45) is 0 Å². The molecule has 0 amide bonds. The summed E-state index contributed by atoms with van der Waals surface area (Å²) in [5.74, 6) is 6.26. The third-order valence-corrected chi connectivity index (χ3v) is 6.45. The van der Waals surface area contributed by atoms with Gasteiger partial charge in [0.2, 0.25) is 9.84 Å². The van der Waals surface area contributed by atoms with Crippen LogP contribution in [-0.2, 0) is 9.84 Å².